The van der Waals surface area contributed by atoms with E-state index < -0.39 is 0 Å². The SMILES string of the molecule is CC(C)Oc1ccc(C(=O)Nc2ccc3c(c2)N(C(=O)C2CC2)CCC3)cc1. The Kier molecular flexibility index (Phi) is 5.07. The second kappa shape index (κ2) is 7.66. The number of carbonyl (C=O) groups is 2. The molecule has 0 bridgehead atoms. The monoisotopic (exact) mass is 378 g/mol. The van der Waals surface area contributed by atoms with Gasteiger partial charge in [-0.1, -0.05) is 6.07 Å². The number of hydrogen-bond acceptors (Lipinski definition) is 3. The third-order valence-electron chi connectivity index (χ3n) is 5.14. The van der Waals surface area contributed by atoms with Crippen LogP contribution >= 0.6 is 0 Å². The Morgan fingerprint density at radius 3 is 2.54 bits per heavy atom. The van der Waals surface area contributed by atoms with Crippen LogP contribution in [-0.2, 0) is 11.2 Å². The number of aryl methyl sites for hydroxylation is 1. The number of nitrogens with zero attached hydrogens (tertiary/aromatic N) is 1. The molecule has 5 nitrogen and oxygen atoms in total. The van der Waals surface area contributed by atoms with Crippen molar-refractivity contribution in [3.05, 3.63) is 53.6 Å². The first kappa shape index (κ1) is 18.5. The lowest BCUT2D eigenvalue weighted by molar-refractivity contribution is -0.119. The molecule has 0 atom stereocenters. The van der Waals surface area contributed by atoms with Crippen molar-refractivity contribution in [1.82, 2.24) is 0 Å². The molecule has 1 heterocycles. The Morgan fingerprint density at radius 1 is 1.11 bits per heavy atom. The molecule has 2 aromatic rings. The fourth-order valence-electron chi connectivity index (χ4n) is 3.59. The third-order valence-corrected chi connectivity index (χ3v) is 5.14. The summed E-state index contributed by atoms with van der Waals surface area (Å²) in [5.74, 6) is 0.988. The Morgan fingerprint density at radius 2 is 1.86 bits per heavy atom. The molecule has 146 valence electrons. The molecule has 0 spiro atoms. The minimum atomic E-state index is -0.174. The zero-order valence-electron chi connectivity index (χ0n) is 16.4. The van der Waals surface area contributed by atoms with Gasteiger partial charge in [-0.3, -0.25) is 9.59 Å². The number of rotatable bonds is 5. The van der Waals surface area contributed by atoms with Crippen molar-refractivity contribution in [2.45, 2.75) is 45.6 Å². The van der Waals surface area contributed by atoms with Crippen molar-refractivity contribution >= 4 is 23.2 Å². The van der Waals surface area contributed by atoms with E-state index in [1.165, 1.54) is 5.56 Å². The number of amides is 2. The molecule has 0 radical (unpaired) electrons. The van der Waals surface area contributed by atoms with E-state index in [9.17, 15) is 9.59 Å². The molecule has 1 N–H and O–H groups in total. The van der Waals surface area contributed by atoms with Crippen LogP contribution in [-0.4, -0.2) is 24.5 Å². The van der Waals surface area contributed by atoms with Gasteiger partial charge in [0.25, 0.3) is 5.91 Å². The summed E-state index contributed by atoms with van der Waals surface area (Å²) in [4.78, 5) is 27.1. The lowest BCUT2D eigenvalue weighted by Gasteiger charge is -2.30. The minimum Gasteiger partial charge on any atom is -0.491 e. The summed E-state index contributed by atoms with van der Waals surface area (Å²) in [5, 5.41) is 2.96. The van der Waals surface area contributed by atoms with Crippen molar-refractivity contribution in [1.29, 1.82) is 0 Å². The molecule has 1 aliphatic carbocycles. The number of anilines is 2. The van der Waals surface area contributed by atoms with Crippen LogP contribution in [0, 0.1) is 5.92 Å². The fraction of sp³-hybridized carbons (Fsp3) is 0.391. The Labute approximate surface area is 165 Å². The summed E-state index contributed by atoms with van der Waals surface area (Å²) in [6.07, 6.45) is 4.04. The topological polar surface area (TPSA) is 58.6 Å². The molecule has 28 heavy (non-hydrogen) atoms. The number of carbonyl (C=O) groups excluding carboxylic acids is 2. The second-order valence-electron chi connectivity index (χ2n) is 7.86. The number of nitrogens with one attached hydrogen (secondary N) is 1. The van der Waals surface area contributed by atoms with E-state index in [2.05, 4.69) is 5.32 Å². The van der Waals surface area contributed by atoms with E-state index in [-0.39, 0.29) is 23.8 Å². The maximum atomic E-state index is 12.6. The number of fused-ring (bicyclic) bond motifs is 1. The summed E-state index contributed by atoms with van der Waals surface area (Å²) < 4.78 is 5.62. The smallest absolute Gasteiger partial charge is 0.255 e. The molecule has 1 aliphatic heterocycles. The van der Waals surface area contributed by atoms with E-state index in [1.54, 1.807) is 24.3 Å². The highest BCUT2D eigenvalue weighted by atomic mass is 16.5. The molecular formula is C23H26N2O3. The summed E-state index contributed by atoms with van der Waals surface area (Å²) in [6, 6.07) is 13.0. The lowest BCUT2D eigenvalue weighted by Crippen LogP contribution is -2.36. The average Bonchev–Trinajstić information content (AvgIpc) is 3.52. The first-order valence-corrected chi connectivity index (χ1v) is 10.0. The number of hydrogen-bond donors (Lipinski definition) is 1. The van der Waals surface area contributed by atoms with Crippen LogP contribution in [0.25, 0.3) is 0 Å². The summed E-state index contributed by atoms with van der Waals surface area (Å²) >= 11 is 0. The second-order valence-corrected chi connectivity index (χ2v) is 7.86. The van der Waals surface area contributed by atoms with E-state index >= 15 is 0 Å². The van der Waals surface area contributed by atoms with Crippen LogP contribution in [0.3, 0.4) is 0 Å². The van der Waals surface area contributed by atoms with Crippen LogP contribution < -0.4 is 15.0 Å². The predicted octanol–water partition coefficient (Wildman–Crippen LogP) is 4.42. The predicted molar refractivity (Wildman–Crippen MR) is 110 cm³/mol. The van der Waals surface area contributed by atoms with Gasteiger partial charge in [-0.15, -0.1) is 0 Å². The Bertz CT molecular complexity index is 885. The quantitative estimate of drug-likeness (QED) is 0.838. The molecule has 2 aromatic carbocycles. The van der Waals surface area contributed by atoms with Gasteiger partial charge in [0, 0.05) is 29.4 Å². The third kappa shape index (κ3) is 4.03. The first-order valence-electron chi connectivity index (χ1n) is 10.0. The van der Waals surface area contributed by atoms with E-state index in [0.717, 1.165) is 43.7 Å². The molecule has 4 rings (SSSR count). The molecule has 0 saturated heterocycles. The average molecular weight is 378 g/mol. The number of ether oxygens (including phenoxy) is 1. The summed E-state index contributed by atoms with van der Waals surface area (Å²) in [6.45, 7) is 4.69. The normalized spacial score (nSPS) is 15.9. The molecule has 1 saturated carbocycles. The van der Waals surface area contributed by atoms with Crippen molar-refractivity contribution in [3.8, 4) is 5.75 Å². The lowest BCUT2D eigenvalue weighted by atomic mass is 10.0. The summed E-state index contributed by atoms with van der Waals surface area (Å²) in [7, 11) is 0. The van der Waals surface area contributed by atoms with Gasteiger partial charge in [0.2, 0.25) is 5.91 Å². The molecule has 1 fully saturated rings. The van der Waals surface area contributed by atoms with Gasteiger partial charge in [-0.05, 0) is 81.5 Å². The van der Waals surface area contributed by atoms with Crippen LogP contribution in [0.1, 0.15) is 49.0 Å². The maximum Gasteiger partial charge on any atom is 0.255 e. The largest absolute Gasteiger partial charge is 0.491 e. The van der Waals surface area contributed by atoms with Crippen molar-refractivity contribution in [3.63, 3.8) is 0 Å². The fourth-order valence-corrected chi connectivity index (χ4v) is 3.59. The van der Waals surface area contributed by atoms with Gasteiger partial charge in [-0.25, -0.2) is 0 Å². The molecule has 0 aromatic heterocycles. The van der Waals surface area contributed by atoms with Gasteiger partial charge < -0.3 is 15.0 Å². The van der Waals surface area contributed by atoms with Crippen molar-refractivity contribution in [2.75, 3.05) is 16.8 Å². The minimum absolute atomic E-state index is 0.0940. The van der Waals surface area contributed by atoms with E-state index in [0.29, 0.717) is 11.3 Å². The zero-order valence-corrected chi connectivity index (χ0v) is 16.4. The van der Waals surface area contributed by atoms with E-state index in [4.69, 9.17) is 4.74 Å². The van der Waals surface area contributed by atoms with Crippen LogP contribution in [0.4, 0.5) is 11.4 Å². The van der Waals surface area contributed by atoms with Crippen molar-refractivity contribution in [2.24, 2.45) is 5.92 Å². The maximum absolute atomic E-state index is 12.6. The van der Waals surface area contributed by atoms with Gasteiger partial charge in [0.15, 0.2) is 0 Å². The number of benzene rings is 2. The molecule has 0 unspecified atom stereocenters. The highest BCUT2D eigenvalue weighted by Gasteiger charge is 2.35. The van der Waals surface area contributed by atoms with Crippen LogP contribution in [0.5, 0.6) is 5.75 Å². The molecular weight excluding hydrogens is 352 g/mol. The summed E-state index contributed by atoms with van der Waals surface area (Å²) in [5.41, 5.74) is 3.40. The molecule has 5 heteroatoms. The van der Waals surface area contributed by atoms with Crippen LogP contribution in [0.2, 0.25) is 0 Å². The van der Waals surface area contributed by atoms with Gasteiger partial charge in [0.1, 0.15) is 5.75 Å². The Hall–Kier alpha value is -2.82. The van der Waals surface area contributed by atoms with Gasteiger partial charge in [0.05, 0.1) is 6.10 Å². The highest BCUT2D eigenvalue weighted by Crippen LogP contribution is 2.37. The van der Waals surface area contributed by atoms with E-state index in [1.807, 2.05) is 36.9 Å². The molecule has 2 aliphatic rings. The first-order chi connectivity index (χ1) is 13.5. The van der Waals surface area contributed by atoms with Gasteiger partial charge >= 0.3 is 0 Å². The zero-order chi connectivity index (χ0) is 19.7. The standard InChI is InChI=1S/C23H26N2O3/c1-15(2)28-20-11-8-17(9-12-20)22(26)24-19-10-7-16-4-3-13-25(21(16)14-19)23(27)18-5-6-18/h7-12,14-15,18H,3-6,13H2,1-2H3,(H,24,26). The van der Waals surface area contributed by atoms with Crippen molar-refractivity contribution < 1.29 is 14.3 Å². The molecule has 2 amide bonds. The van der Waals surface area contributed by atoms with Gasteiger partial charge in [-0.2, -0.15) is 0 Å². The van der Waals surface area contributed by atoms with Crippen LogP contribution in [0.15, 0.2) is 42.5 Å². The highest BCUT2D eigenvalue weighted by molar-refractivity contribution is 6.05. The Balaban J connectivity index is 1.49.